The SMILES string of the molecule is C=CC(=O)Nc1ccccc1-c1cccs1. The molecule has 1 aromatic heterocycles. The van der Waals surface area contributed by atoms with Crippen LogP contribution in [0.4, 0.5) is 5.69 Å². The van der Waals surface area contributed by atoms with Crippen molar-refractivity contribution in [2.45, 2.75) is 0 Å². The van der Waals surface area contributed by atoms with Crippen LogP contribution in [0.2, 0.25) is 0 Å². The number of hydrogen-bond acceptors (Lipinski definition) is 2. The van der Waals surface area contributed by atoms with Crippen LogP contribution >= 0.6 is 11.3 Å². The second kappa shape index (κ2) is 4.77. The van der Waals surface area contributed by atoms with Crippen LogP contribution in [0.1, 0.15) is 0 Å². The normalized spacial score (nSPS) is 9.75. The molecule has 2 nitrogen and oxygen atoms in total. The summed E-state index contributed by atoms with van der Waals surface area (Å²) in [6.45, 7) is 3.44. The highest BCUT2D eigenvalue weighted by molar-refractivity contribution is 7.13. The van der Waals surface area contributed by atoms with Gasteiger partial charge in [0.2, 0.25) is 5.91 Å². The molecule has 1 aromatic carbocycles. The molecule has 0 saturated heterocycles. The van der Waals surface area contributed by atoms with Crippen LogP contribution in [0.3, 0.4) is 0 Å². The number of anilines is 1. The summed E-state index contributed by atoms with van der Waals surface area (Å²) in [6.07, 6.45) is 1.27. The number of benzene rings is 1. The van der Waals surface area contributed by atoms with Gasteiger partial charge in [-0.15, -0.1) is 11.3 Å². The lowest BCUT2D eigenvalue weighted by molar-refractivity contribution is -0.111. The van der Waals surface area contributed by atoms with Crippen molar-refractivity contribution in [3.8, 4) is 10.4 Å². The van der Waals surface area contributed by atoms with Crippen LogP contribution in [0, 0.1) is 0 Å². The Morgan fingerprint density at radius 2 is 2.06 bits per heavy atom. The van der Waals surface area contributed by atoms with Gasteiger partial charge in [0.25, 0.3) is 0 Å². The first-order valence-electron chi connectivity index (χ1n) is 4.87. The summed E-state index contributed by atoms with van der Waals surface area (Å²) in [5, 5.41) is 4.81. The lowest BCUT2D eigenvalue weighted by Gasteiger charge is -2.07. The molecule has 80 valence electrons. The Balaban J connectivity index is 2.38. The van der Waals surface area contributed by atoms with Gasteiger partial charge in [0.15, 0.2) is 0 Å². The Kier molecular flexibility index (Phi) is 3.17. The molecule has 16 heavy (non-hydrogen) atoms. The van der Waals surface area contributed by atoms with Crippen LogP contribution in [0.5, 0.6) is 0 Å². The van der Waals surface area contributed by atoms with Crippen LogP contribution < -0.4 is 5.32 Å². The fourth-order valence-electron chi connectivity index (χ4n) is 1.42. The molecular weight excluding hydrogens is 218 g/mol. The van der Waals surface area contributed by atoms with E-state index in [1.54, 1.807) is 11.3 Å². The summed E-state index contributed by atoms with van der Waals surface area (Å²) < 4.78 is 0. The van der Waals surface area contributed by atoms with Crippen molar-refractivity contribution in [1.29, 1.82) is 0 Å². The molecule has 1 N–H and O–H groups in total. The van der Waals surface area contributed by atoms with Crippen LogP contribution in [-0.2, 0) is 4.79 Å². The van der Waals surface area contributed by atoms with Crippen molar-refractivity contribution in [3.63, 3.8) is 0 Å². The number of nitrogens with one attached hydrogen (secondary N) is 1. The number of carbonyl (C=O) groups excluding carboxylic acids is 1. The number of thiophene rings is 1. The highest BCUT2D eigenvalue weighted by atomic mass is 32.1. The third kappa shape index (κ3) is 2.20. The van der Waals surface area contributed by atoms with Gasteiger partial charge in [-0.3, -0.25) is 4.79 Å². The molecule has 0 saturated carbocycles. The molecule has 0 spiro atoms. The topological polar surface area (TPSA) is 29.1 Å². The second-order valence-electron chi connectivity index (χ2n) is 3.22. The minimum Gasteiger partial charge on any atom is -0.322 e. The van der Waals surface area contributed by atoms with Crippen LogP contribution in [-0.4, -0.2) is 5.91 Å². The van der Waals surface area contributed by atoms with Crippen LogP contribution in [0.25, 0.3) is 10.4 Å². The van der Waals surface area contributed by atoms with Crippen molar-refractivity contribution in [3.05, 3.63) is 54.4 Å². The summed E-state index contributed by atoms with van der Waals surface area (Å²) in [6, 6.07) is 11.8. The van der Waals surface area contributed by atoms with E-state index in [1.165, 1.54) is 6.08 Å². The zero-order valence-electron chi connectivity index (χ0n) is 8.64. The fraction of sp³-hybridized carbons (Fsp3) is 0. The molecule has 0 atom stereocenters. The molecule has 0 fully saturated rings. The Bertz CT molecular complexity index is 502. The van der Waals surface area contributed by atoms with Crippen molar-refractivity contribution in [1.82, 2.24) is 0 Å². The highest BCUT2D eigenvalue weighted by Crippen LogP contribution is 2.31. The van der Waals surface area contributed by atoms with E-state index in [2.05, 4.69) is 11.9 Å². The van der Waals surface area contributed by atoms with Gasteiger partial charge < -0.3 is 5.32 Å². The smallest absolute Gasteiger partial charge is 0.247 e. The predicted octanol–water partition coefficient (Wildman–Crippen LogP) is 3.54. The molecule has 1 heterocycles. The van der Waals surface area contributed by atoms with Gasteiger partial charge in [0.05, 0.1) is 0 Å². The zero-order chi connectivity index (χ0) is 11.4. The standard InChI is InChI=1S/C13H11NOS/c1-2-13(15)14-11-7-4-3-6-10(11)12-8-5-9-16-12/h2-9H,1H2,(H,14,15). The maximum atomic E-state index is 11.3. The van der Waals surface area contributed by atoms with E-state index < -0.39 is 0 Å². The molecule has 0 aliphatic rings. The van der Waals surface area contributed by atoms with Gasteiger partial charge >= 0.3 is 0 Å². The number of para-hydroxylation sites is 1. The third-order valence-corrected chi connectivity index (χ3v) is 3.06. The molecule has 0 radical (unpaired) electrons. The van der Waals surface area contributed by atoms with Gasteiger partial charge in [-0.2, -0.15) is 0 Å². The number of carbonyl (C=O) groups is 1. The largest absolute Gasteiger partial charge is 0.322 e. The summed E-state index contributed by atoms with van der Waals surface area (Å²) in [7, 11) is 0. The minimum atomic E-state index is -0.191. The predicted molar refractivity (Wildman–Crippen MR) is 68.6 cm³/mol. The average Bonchev–Trinajstić information content (AvgIpc) is 2.83. The molecule has 0 aliphatic carbocycles. The maximum absolute atomic E-state index is 11.3. The lowest BCUT2D eigenvalue weighted by atomic mass is 10.1. The van der Waals surface area contributed by atoms with Crippen molar-refractivity contribution < 1.29 is 4.79 Å². The molecule has 1 amide bonds. The summed E-state index contributed by atoms with van der Waals surface area (Å²) in [5.41, 5.74) is 1.85. The van der Waals surface area contributed by atoms with Gasteiger partial charge in [-0.1, -0.05) is 30.8 Å². The molecule has 2 rings (SSSR count). The molecule has 0 aliphatic heterocycles. The fourth-order valence-corrected chi connectivity index (χ4v) is 2.19. The van der Waals surface area contributed by atoms with E-state index in [0.717, 1.165) is 16.1 Å². The van der Waals surface area contributed by atoms with Gasteiger partial charge in [-0.05, 0) is 23.6 Å². The van der Waals surface area contributed by atoms with Gasteiger partial charge in [0.1, 0.15) is 0 Å². The first-order chi connectivity index (χ1) is 7.81. The summed E-state index contributed by atoms with van der Waals surface area (Å²) in [4.78, 5) is 12.4. The van der Waals surface area contributed by atoms with E-state index in [0.29, 0.717) is 0 Å². The first kappa shape index (κ1) is 10.6. The van der Waals surface area contributed by atoms with E-state index in [4.69, 9.17) is 0 Å². The van der Waals surface area contributed by atoms with Gasteiger partial charge in [0, 0.05) is 16.1 Å². The van der Waals surface area contributed by atoms with Gasteiger partial charge in [-0.25, -0.2) is 0 Å². The lowest BCUT2D eigenvalue weighted by Crippen LogP contribution is -2.07. The average molecular weight is 229 g/mol. The first-order valence-corrected chi connectivity index (χ1v) is 5.75. The molecule has 0 bridgehead atoms. The third-order valence-electron chi connectivity index (χ3n) is 2.16. The second-order valence-corrected chi connectivity index (χ2v) is 4.16. The van der Waals surface area contributed by atoms with E-state index in [9.17, 15) is 4.79 Å². The number of amides is 1. The summed E-state index contributed by atoms with van der Waals surface area (Å²) in [5.74, 6) is -0.191. The molecular formula is C13H11NOS. The Labute approximate surface area is 98.2 Å². The van der Waals surface area contributed by atoms with E-state index >= 15 is 0 Å². The Morgan fingerprint density at radius 3 is 2.75 bits per heavy atom. The summed E-state index contributed by atoms with van der Waals surface area (Å²) >= 11 is 1.65. The van der Waals surface area contributed by atoms with E-state index in [-0.39, 0.29) is 5.91 Å². The molecule has 0 unspecified atom stereocenters. The molecule has 3 heteroatoms. The monoisotopic (exact) mass is 229 g/mol. The Morgan fingerprint density at radius 1 is 1.25 bits per heavy atom. The molecule has 2 aromatic rings. The number of rotatable bonds is 3. The van der Waals surface area contributed by atoms with Crippen LogP contribution in [0.15, 0.2) is 54.4 Å². The van der Waals surface area contributed by atoms with Crippen molar-refractivity contribution in [2.75, 3.05) is 5.32 Å². The maximum Gasteiger partial charge on any atom is 0.247 e. The van der Waals surface area contributed by atoms with Crippen molar-refractivity contribution in [2.24, 2.45) is 0 Å². The quantitative estimate of drug-likeness (QED) is 0.801. The highest BCUT2D eigenvalue weighted by Gasteiger charge is 2.06. The van der Waals surface area contributed by atoms with Crippen molar-refractivity contribution >= 4 is 22.9 Å². The van der Waals surface area contributed by atoms with E-state index in [1.807, 2.05) is 41.8 Å². The number of hydrogen-bond donors (Lipinski definition) is 1. The minimum absolute atomic E-state index is 0.191. The Hall–Kier alpha value is -1.87. The zero-order valence-corrected chi connectivity index (χ0v) is 9.46.